The molecule has 2 atom stereocenters. The number of benzene rings is 1. The number of hydrogen-bond acceptors (Lipinski definition) is 3. The molecule has 1 fully saturated rings. The van der Waals surface area contributed by atoms with Gasteiger partial charge >= 0.3 is 0 Å². The van der Waals surface area contributed by atoms with Crippen LogP contribution in [-0.4, -0.2) is 37.7 Å². The lowest BCUT2D eigenvalue weighted by Crippen LogP contribution is -2.38. The molecule has 1 aromatic carbocycles. The molecule has 1 aliphatic heterocycles. The minimum Gasteiger partial charge on any atom is -0.377 e. The Hall–Kier alpha value is -1.11. The van der Waals surface area contributed by atoms with Crippen LogP contribution in [0.4, 0.5) is 13.2 Å². The van der Waals surface area contributed by atoms with Crippen molar-refractivity contribution in [1.29, 1.82) is 0 Å². The van der Waals surface area contributed by atoms with Crippen molar-refractivity contribution in [2.24, 2.45) is 5.73 Å². The Balaban J connectivity index is 2.10. The summed E-state index contributed by atoms with van der Waals surface area (Å²) in [6, 6.07) is 1.64. The zero-order valence-electron chi connectivity index (χ0n) is 12.1. The lowest BCUT2D eigenvalue weighted by atomic mass is 10.0. The van der Waals surface area contributed by atoms with Gasteiger partial charge in [-0.3, -0.25) is 4.90 Å². The van der Waals surface area contributed by atoms with Gasteiger partial charge < -0.3 is 10.5 Å². The molecule has 1 aliphatic rings. The molecule has 0 amide bonds. The van der Waals surface area contributed by atoms with Crippen LogP contribution in [0.5, 0.6) is 0 Å². The van der Waals surface area contributed by atoms with Gasteiger partial charge in [-0.15, -0.1) is 0 Å². The first kappa shape index (κ1) is 16.3. The van der Waals surface area contributed by atoms with Gasteiger partial charge in [0, 0.05) is 25.7 Å². The molecule has 3 nitrogen and oxygen atoms in total. The van der Waals surface area contributed by atoms with Gasteiger partial charge in [-0.2, -0.15) is 0 Å². The third-order valence-corrected chi connectivity index (χ3v) is 3.91. The fourth-order valence-corrected chi connectivity index (χ4v) is 2.74. The maximum atomic E-state index is 13.4. The van der Waals surface area contributed by atoms with Gasteiger partial charge in [-0.1, -0.05) is 0 Å². The van der Waals surface area contributed by atoms with Crippen molar-refractivity contribution < 1.29 is 17.9 Å². The molecule has 0 saturated carbocycles. The first-order chi connectivity index (χ1) is 10.0. The SMILES string of the molecule is CN(CC1CCCCO1)C(CN)c1cc(F)c(F)c(F)c1. The zero-order valence-corrected chi connectivity index (χ0v) is 12.1. The number of nitrogens with zero attached hydrogens (tertiary/aromatic N) is 1. The van der Waals surface area contributed by atoms with E-state index in [2.05, 4.69) is 0 Å². The summed E-state index contributed by atoms with van der Waals surface area (Å²) < 4.78 is 45.4. The summed E-state index contributed by atoms with van der Waals surface area (Å²) in [5.41, 5.74) is 6.07. The van der Waals surface area contributed by atoms with E-state index in [1.54, 1.807) is 0 Å². The topological polar surface area (TPSA) is 38.5 Å². The van der Waals surface area contributed by atoms with Crippen LogP contribution in [-0.2, 0) is 4.74 Å². The Labute approximate surface area is 122 Å². The van der Waals surface area contributed by atoms with Crippen LogP contribution in [0.3, 0.4) is 0 Å². The van der Waals surface area contributed by atoms with Gasteiger partial charge in [0.05, 0.1) is 6.10 Å². The predicted octanol–water partition coefficient (Wildman–Crippen LogP) is 2.60. The standard InChI is InChI=1S/C15H21F3N2O/c1-20(9-11-4-2-3-5-21-11)14(8-19)10-6-12(16)15(18)13(17)7-10/h6-7,11,14H,2-5,8-9,19H2,1H3. The van der Waals surface area contributed by atoms with Crippen molar-refractivity contribution in [2.45, 2.75) is 31.4 Å². The summed E-state index contributed by atoms with van der Waals surface area (Å²) >= 11 is 0. The zero-order chi connectivity index (χ0) is 15.4. The number of halogens is 3. The molecule has 1 aromatic rings. The molecule has 2 N–H and O–H groups in total. The molecule has 0 aromatic heterocycles. The first-order valence-electron chi connectivity index (χ1n) is 7.19. The second-order valence-corrected chi connectivity index (χ2v) is 5.48. The van der Waals surface area contributed by atoms with E-state index in [9.17, 15) is 13.2 Å². The van der Waals surface area contributed by atoms with Crippen LogP contribution in [0.25, 0.3) is 0 Å². The van der Waals surface area contributed by atoms with E-state index in [1.807, 2.05) is 11.9 Å². The average molecular weight is 302 g/mol. The highest BCUT2D eigenvalue weighted by atomic mass is 19.2. The average Bonchev–Trinajstić information content (AvgIpc) is 2.46. The fourth-order valence-electron chi connectivity index (χ4n) is 2.74. The third-order valence-electron chi connectivity index (χ3n) is 3.91. The number of rotatable bonds is 5. The second-order valence-electron chi connectivity index (χ2n) is 5.48. The third kappa shape index (κ3) is 3.96. The lowest BCUT2D eigenvalue weighted by molar-refractivity contribution is -0.00781. The normalized spacial score (nSPS) is 20.8. The Morgan fingerprint density at radius 1 is 1.29 bits per heavy atom. The van der Waals surface area contributed by atoms with Crippen molar-refractivity contribution >= 4 is 0 Å². The fraction of sp³-hybridized carbons (Fsp3) is 0.600. The first-order valence-corrected chi connectivity index (χ1v) is 7.19. The number of likely N-dealkylation sites (N-methyl/N-ethyl adjacent to an activating group) is 1. The Morgan fingerprint density at radius 3 is 2.48 bits per heavy atom. The molecule has 0 spiro atoms. The quantitative estimate of drug-likeness (QED) is 0.850. The van der Waals surface area contributed by atoms with Gasteiger partial charge in [0.15, 0.2) is 17.5 Å². The van der Waals surface area contributed by atoms with E-state index in [0.29, 0.717) is 12.1 Å². The Bertz CT molecular complexity index is 455. The van der Waals surface area contributed by atoms with Gasteiger partial charge in [0.25, 0.3) is 0 Å². The van der Waals surface area contributed by atoms with E-state index in [-0.39, 0.29) is 18.7 Å². The Kier molecular flexibility index (Phi) is 5.61. The molecule has 0 radical (unpaired) electrons. The van der Waals surface area contributed by atoms with E-state index in [4.69, 9.17) is 10.5 Å². The highest BCUT2D eigenvalue weighted by molar-refractivity contribution is 5.23. The molecule has 2 rings (SSSR count). The number of ether oxygens (including phenoxy) is 1. The van der Waals surface area contributed by atoms with Crippen LogP contribution >= 0.6 is 0 Å². The van der Waals surface area contributed by atoms with E-state index >= 15 is 0 Å². The van der Waals surface area contributed by atoms with Crippen LogP contribution in [0.2, 0.25) is 0 Å². The largest absolute Gasteiger partial charge is 0.377 e. The smallest absolute Gasteiger partial charge is 0.194 e. The van der Waals surface area contributed by atoms with Crippen molar-refractivity contribution in [2.75, 3.05) is 26.7 Å². The van der Waals surface area contributed by atoms with E-state index < -0.39 is 17.5 Å². The summed E-state index contributed by atoms with van der Waals surface area (Å²) in [6.45, 7) is 1.56. The van der Waals surface area contributed by atoms with Crippen LogP contribution in [0, 0.1) is 17.5 Å². The number of hydrogen-bond donors (Lipinski definition) is 1. The minimum atomic E-state index is -1.45. The van der Waals surface area contributed by atoms with Gasteiger partial charge in [-0.25, -0.2) is 13.2 Å². The maximum Gasteiger partial charge on any atom is 0.194 e. The Morgan fingerprint density at radius 2 is 1.95 bits per heavy atom. The summed E-state index contributed by atoms with van der Waals surface area (Å²) in [7, 11) is 1.83. The molecular weight excluding hydrogens is 281 g/mol. The van der Waals surface area contributed by atoms with Crippen molar-refractivity contribution in [3.63, 3.8) is 0 Å². The summed E-state index contributed by atoms with van der Waals surface area (Å²) in [6.07, 6.45) is 3.25. The molecule has 21 heavy (non-hydrogen) atoms. The molecule has 118 valence electrons. The van der Waals surface area contributed by atoms with Gasteiger partial charge in [0.1, 0.15) is 0 Å². The van der Waals surface area contributed by atoms with Crippen LogP contribution < -0.4 is 5.73 Å². The van der Waals surface area contributed by atoms with E-state index in [0.717, 1.165) is 38.0 Å². The number of nitrogens with two attached hydrogens (primary N) is 1. The summed E-state index contributed by atoms with van der Waals surface area (Å²) in [5.74, 6) is -3.83. The van der Waals surface area contributed by atoms with E-state index in [1.165, 1.54) is 0 Å². The molecule has 1 saturated heterocycles. The highest BCUT2D eigenvalue weighted by Gasteiger charge is 2.23. The summed E-state index contributed by atoms with van der Waals surface area (Å²) in [5, 5.41) is 0. The molecular formula is C15H21F3N2O. The monoisotopic (exact) mass is 302 g/mol. The van der Waals surface area contributed by atoms with Gasteiger partial charge in [0.2, 0.25) is 0 Å². The summed E-state index contributed by atoms with van der Waals surface area (Å²) in [4.78, 5) is 1.90. The molecule has 1 heterocycles. The van der Waals surface area contributed by atoms with Crippen LogP contribution in [0.15, 0.2) is 12.1 Å². The molecule has 0 bridgehead atoms. The van der Waals surface area contributed by atoms with Crippen molar-refractivity contribution in [3.8, 4) is 0 Å². The maximum absolute atomic E-state index is 13.4. The predicted molar refractivity (Wildman–Crippen MR) is 74.3 cm³/mol. The molecule has 0 aliphatic carbocycles. The second kappa shape index (κ2) is 7.24. The van der Waals surface area contributed by atoms with Crippen molar-refractivity contribution in [3.05, 3.63) is 35.1 Å². The highest BCUT2D eigenvalue weighted by Crippen LogP contribution is 2.24. The van der Waals surface area contributed by atoms with Gasteiger partial charge in [-0.05, 0) is 44.0 Å². The van der Waals surface area contributed by atoms with Crippen molar-refractivity contribution in [1.82, 2.24) is 4.90 Å². The lowest BCUT2D eigenvalue weighted by Gasteiger charge is -2.32. The molecule has 2 unspecified atom stereocenters. The minimum absolute atomic E-state index is 0.105. The molecule has 6 heteroatoms. The van der Waals surface area contributed by atoms with Crippen LogP contribution in [0.1, 0.15) is 30.9 Å².